The van der Waals surface area contributed by atoms with Gasteiger partial charge in [0, 0.05) is 44.0 Å². The molecule has 1 aromatic heterocycles. The Morgan fingerprint density at radius 3 is 2.76 bits per heavy atom. The summed E-state index contributed by atoms with van der Waals surface area (Å²) in [5.74, 6) is 0.414. The minimum absolute atomic E-state index is 0.0197. The van der Waals surface area contributed by atoms with E-state index in [2.05, 4.69) is 34.8 Å². The third kappa shape index (κ3) is 4.61. The Hall–Kier alpha value is -0.960. The van der Waals surface area contributed by atoms with Crippen molar-refractivity contribution in [3.63, 3.8) is 0 Å². The first-order chi connectivity index (χ1) is 11.8. The van der Waals surface area contributed by atoms with Crippen molar-refractivity contribution in [1.82, 2.24) is 19.4 Å². The molecule has 0 aromatic carbocycles. The molecule has 2 aliphatic rings. The fraction of sp³-hybridized carbons (Fsp3) is 0.824. The highest BCUT2D eigenvalue weighted by Gasteiger charge is 2.46. The number of ether oxygens (including phenoxy) is 1. The largest absolute Gasteiger partial charge is 0.372 e. The van der Waals surface area contributed by atoms with Crippen molar-refractivity contribution in [2.45, 2.75) is 51.8 Å². The highest BCUT2D eigenvalue weighted by atomic mass is 32.2. The van der Waals surface area contributed by atoms with Crippen molar-refractivity contribution >= 4 is 10.0 Å². The van der Waals surface area contributed by atoms with Crippen LogP contribution in [0.1, 0.15) is 45.2 Å². The van der Waals surface area contributed by atoms with Gasteiger partial charge in [-0.2, -0.15) is 5.10 Å². The lowest BCUT2D eigenvalue weighted by Gasteiger charge is -2.53. The van der Waals surface area contributed by atoms with Gasteiger partial charge in [-0.3, -0.25) is 9.58 Å². The first kappa shape index (κ1) is 18.8. The Kier molecular flexibility index (Phi) is 5.53. The zero-order valence-electron chi connectivity index (χ0n) is 15.4. The molecular formula is C17H30N4O3S. The Morgan fingerprint density at radius 1 is 1.44 bits per heavy atom. The van der Waals surface area contributed by atoms with Crippen LogP contribution in [0, 0.1) is 5.92 Å². The first-order valence-corrected chi connectivity index (χ1v) is 10.8. The van der Waals surface area contributed by atoms with E-state index >= 15 is 0 Å². The summed E-state index contributed by atoms with van der Waals surface area (Å²) in [5.41, 5.74) is 1.22. The van der Waals surface area contributed by atoms with Gasteiger partial charge >= 0.3 is 0 Å². The van der Waals surface area contributed by atoms with Crippen LogP contribution in [0.3, 0.4) is 0 Å². The predicted molar refractivity (Wildman–Crippen MR) is 96.8 cm³/mol. The van der Waals surface area contributed by atoms with Gasteiger partial charge in [0.2, 0.25) is 10.0 Å². The molecule has 2 fully saturated rings. The monoisotopic (exact) mass is 370 g/mol. The SMILES string of the molecule is CCS(=O)(=O)NCC1CCC2(CN(Cc3cnn(C(C)C)c3)C2)OC1. The number of sulfonamides is 1. The number of likely N-dealkylation sites (tertiary alicyclic amines) is 1. The molecule has 7 nitrogen and oxygen atoms in total. The van der Waals surface area contributed by atoms with Crippen LogP contribution in [0.2, 0.25) is 0 Å². The second kappa shape index (κ2) is 7.34. The van der Waals surface area contributed by atoms with E-state index in [1.807, 2.05) is 10.9 Å². The summed E-state index contributed by atoms with van der Waals surface area (Å²) < 4.78 is 33.8. The van der Waals surface area contributed by atoms with Gasteiger partial charge in [0.1, 0.15) is 0 Å². The normalized spacial score (nSPS) is 23.9. The number of hydrogen-bond donors (Lipinski definition) is 1. The number of nitrogens with zero attached hydrogens (tertiary/aromatic N) is 3. The molecule has 3 heterocycles. The van der Waals surface area contributed by atoms with Gasteiger partial charge in [-0.15, -0.1) is 0 Å². The molecule has 2 saturated heterocycles. The molecular weight excluding hydrogens is 340 g/mol. The van der Waals surface area contributed by atoms with Crippen LogP contribution in [-0.2, 0) is 21.3 Å². The van der Waals surface area contributed by atoms with Crippen molar-refractivity contribution in [3.8, 4) is 0 Å². The van der Waals surface area contributed by atoms with E-state index < -0.39 is 10.0 Å². The highest BCUT2D eigenvalue weighted by Crippen LogP contribution is 2.36. The molecule has 142 valence electrons. The molecule has 0 bridgehead atoms. The van der Waals surface area contributed by atoms with Gasteiger partial charge < -0.3 is 4.74 Å². The molecule has 1 spiro atoms. The quantitative estimate of drug-likeness (QED) is 0.785. The van der Waals surface area contributed by atoms with E-state index in [1.54, 1.807) is 6.92 Å². The molecule has 0 amide bonds. The van der Waals surface area contributed by atoms with Crippen LogP contribution in [0.5, 0.6) is 0 Å². The maximum atomic E-state index is 11.5. The van der Waals surface area contributed by atoms with Gasteiger partial charge in [-0.1, -0.05) is 0 Å². The molecule has 25 heavy (non-hydrogen) atoms. The molecule has 3 rings (SSSR count). The third-order valence-electron chi connectivity index (χ3n) is 5.22. The summed E-state index contributed by atoms with van der Waals surface area (Å²) in [4.78, 5) is 2.39. The average Bonchev–Trinajstić information content (AvgIpc) is 3.02. The van der Waals surface area contributed by atoms with Crippen molar-refractivity contribution in [2.24, 2.45) is 5.92 Å². The molecule has 2 aliphatic heterocycles. The van der Waals surface area contributed by atoms with Gasteiger partial charge in [0.15, 0.2) is 0 Å². The molecule has 8 heteroatoms. The number of aromatic nitrogens is 2. The van der Waals surface area contributed by atoms with E-state index in [4.69, 9.17) is 4.74 Å². The summed E-state index contributed by atoms with van der Waals surface area (Å²) in [5, 5.41) is 4.39. The van der Waals surface area contributed by atoms with E-state index in [0.717, 1.165) is 32.5 Å². The summed E-state index contributed by atoms with van der Waals surface area (Å²) in [6, 6.07) is 0.389. The van der Waals surface area contributed by atoms with Crippen LogP contribution >= 0.6 is 0 Å². The van der Waals surface area contributed by atoms with Crippen molar-refractivity contribution in [3.05, 3.63) is 18.0 Å². The lowest BCUT2D eigenvalue weighted by molar-refractivity contribution is -0.181. The third-order valence-corrected chi connectivity index (χ3v) is 6.59. The van der Waals surface area contributed by atoms with Crippen LogP contribution in [0.25, 0.3) is 0 Å². The molecule has 1 N–H and O–H groups in total. The Bertz CT molecular complexity index is 670. The van der Waals surface area contributed by atoms with E-state index in [1.165, 1.54) is 5.56 Å². The van der Waals surface area contributed by atoms with Gasteiger partial charge in [0.25, 0.3) is 0 Å². The van der Waals surface area contributed by atoms with Crippen molar-refractivity contribution < 1.29 is 13.2 Å². The van der Waals surface area contributed by atoms with Gasteiger partial charge in [-0.25, -0.2) is 13.1 Å². The zero-order valence-corrected chi connectivity index (χ0v) is 16.3. The minimum atomic E-state index is -3.11. The second-order valence-electron chi connectivity index (χ2n) is 7.72. The van der Waals surface area contributed by atoms with Crippen LogP contribution < -0.4 is 4.72 Å². The summed E-state index contributed by atoms with van der Waals surface area (Å²) >= 11 is 0. The molecule has 1 atom stereocenters. The summed E-state index contributed by atoms with van der Waals surface area (Å²) in [7, 11) is -3.11. The Labute approximate surface area is 150 Å². The number of nitrogens with one attached hydrogen (secondary N) is 1. The number of hydrogen-bond acceptors (Lipinski definition) is 5. The topological polar surface area (TPSA) is 76.5 Å². The first-order valence-electron chi connectivity index (χ1n) is 9.17. The molecule has 0 aliphatic carbocycles. The standard InChI is InChI=1S/C17H30N4O3S/c1-4-25(22,23)19-8-15-5-6-17(24-11-15)12-20(13-17)9-16-7-18-21(10-16)14(2)3/h7,10,14-15,19H,4-6,8-9,11-13H2,1-3H3. The van der Waals surface area contributed by atoms with Gasteiger partial charge in [-0.05, 0) is 39.5 Å². The average molecular weight is 371 g/mol. The molecule has 1 aromatic rings. The highest BCUT2D eigenvalue weighted by molar-refractivity contribution is 7.89. The lowest BCUT2D eigenvalue weighted by atomic mass is 9.83. The van der Waals surface area contributed by atoms with Crippen LogP contribution in [0.4, 0.5) is 0 Å². The van der Waals surface area contributed by atoms with Crippen molar-refractivity contribution in [1.29, 1.82) is 0 Å². The maximum Gasteiger partial charge on any atom is 0.211 e. The van der Waals surface area contributed by atoms with Crippen LogP contribution in [-0.4, -0.2) is 60.7 Å². The minimum Gasteiger partial charge on any atom is -0.372 e. The zero-order chi connectivity index (χ0) is 18.1. The second-order valence-corrected chi connectivity index (χ2v) is 9.81. The smallest absolute Gasteiger partial charge is 0.211 e. The van der Waals surface area contributed by atoms with Crippen LogP contribution in [0.15, 0.2) is 12.4 Å². The summed E-state index contributed by atoms with van der Waals surface area (Å²) in [6.07, 6.45) is 6.09. The van der Waals surface area contributed by atoms with Gasteiger partial charge in [0.05, 0.1) is 24.2 Å². The van der Waals surface area contributed by atoms with E-state index in [9.17, 15) is 8.42 Å². The van der Waals surface area contributed by atoms with Crippen molar-refractivity contribution in [2.75, 3.05) is 32.0 Å². The van der Waals surface area contributed by atoms with E-state index in [-0.39, 0.29) is 17.3 Å². The fourth-order valence-electron chi connectivity index (χ4n) is 3.55. The molecule has 0 radical (unpaired) electrons. The summed E-state index contributed by atoms with van der Waals surface area (Å²) in [6.45, 7) is 9.86. The Morgan fingerprint density at radius 2 is 2.20 bits per heavy atom. The van der Waals surface area contributed by atoms with E-state index in [0.29, 0.717) is 19.2 Å². The molecule has 1 unspecified atom stereocenters. The number of rotatable bonds is 7. The predicted octanol–water partition coefficient (Wildman–Crippen LogP) is 1.38. The molecule has 0 saturated carbocycles. The fourth-order valence-corrected chi connectivity index (χ4v) is 4.25. The Balaban J connectivity index is 1.40. The lowest BCUT2D eigenvalue weighted by Crippen LogP contribution is -2.64. The maximum absolute atomic E-state index is 11.5.